The topological polar surface area (TPSA) is 74.1 Å². The predicted octanol–water partition coefficient (Wildman–Crippen LogP) is 4.90. The van der Waals surface area contributed by atoms with Crippen molar-refractivity contribution >= 4 is 23.2 Å². The third-order valence-corrected chi connectivity index (χ3v) is 4.64. The van der Waals surface area contributed by atoms with Crippen LogP contribution in [0.25, 0.3) is 0 Å². The Morgan fingerprint density at radius 2 is 1.74 bits per heavy atom. The number of benzene rings is 3. The Labute approximate surface area is 161 Å². The van der Waals surface area contributed by atoms with Gasteiger partial charge >= 0.3 is 0 Å². The molecule has 0 radical (unpaired) electrons. The molecular weight excluding hydrogens is 364 g/mol. The lowest BCUT2D eigenvalue weighted by molar-refractivity contribution is 0.453. The molecule has 0 aromatic heterocycles. The van der Waals surface area contributed by atoms with Gasteiger partial charge < -0.3 is 14.9 Å². The predicted molar refractivity (Wildman–Crippen MR) is 106 cm³/mol. The molecule has 4 rings (SSSR count). The van der Waals surface area contributed by atoms with Crippen LogP contribution in [0.5, 0.6) is 17.2 Å². The van der Waals surface area contributed by atoms with Crippen molar-refractivity contribution in [2.45, 2.75) is 12.3 Å². The lowest BCUT2D eigenvalue weighted by Gasteiger charge is -2.27. The van der Waals surface area contributed by atoms with Crippen LogP contribution in [-0.2, 0) is 6.42 Å². The van der Waals surface area contributed by atoms with Gasteiger partial charge in [0, 0.05) is 11.1 Å². The lowest BCUT2D eigenvalue weighted by atomic mass is 9.89. The Morgan fingerprint density at radius 1 is 0.963 bits per heavy atom. The summed E-state index contributed by atoms with van der Waals surface area (Å²) in [5.74, 6) is 1.26. The zero-order chi connectivity index (χ0) is 18.8. The standard InChI is InChI=1S/C21H17ClN2O3/c22-15-2-1-3-16(11-15)23-24-21-19(13-4-7-17(25)8-5-13)10-14-6-9-18(26)12-20(14)27-21/h1-9,11-12,19,23,25-26H,10H2. The summed E-state index contributed by atoms with van der Waals surface area (Å²) in [6, 6.07) is 19.3. The van der Waals surface area contributed by atoms with Crippen molar-refractivity contribution in [3.63, 3.8) is 0 Å². The molecule has 0 aliphatic carbocycles. The molecule has 0 bridgehead atoms. The number of phenols is 2. The average Bonchev–Trinajstić information content (AvgIpc) is 2.66. The van der Waals surface area contributed by atoms with E-state index < -0.39 is 0 Å². The van der Waals surface area contributed by atoms with Crippen molar-refractivity contribution in [3.8, 4) is 17.2 Å². The first-order valence-electron chi connectivity index (χ1n) is 8.46. The van der Waals surface area contributed by atoms with E-state index in [2.05, 4.69) is 10.5 Å². The van der Waals surface area contributed by atoms with Gasteiger partial charge in [-0.3, -0.25) is 5.43 Å². The number of phenolic OH excluding ortho intramolecular Hbond substituents is 2. The highest BCUT2D eigenvalue weighted by Crippen LogP contribution is 2.36. The third-order valence-electron chi connectivity index (χ3n) is 4.40. The van der Waals surface area contributed by atoms with E-state index in [4.69, 9.17) is 16.3 Å². The fourth-order valence-electron chi connectivity index (χ4n) is 3.04. The number of rotatable bonds is 3. The summed E-state index contributed by atoms with van der Waals surface area (Å²) in [6.45, 7) is 0. The van der Waals surface area contributed by atoms with Gasteiger partial charge in [0.05, 0.1) is 11.6 Å². The minimum atomic E-state index is -0.130. The minimum Gasteiger partial charge on any atom is -0.508 e. The van der Waals surface area contributed by atoms with Gasteiger partial charge in [0.25, 0.3) is 0 Å². The number of halogens is 1. The number of ether oxygens (including phenoxy) is 1. The van der Waals surface area contributed by atoms with Gasteiger partial charge in [-0.2, -0.15) is 0 Å². The number of hydrogen-bond donors (Lipinski definition) is 3. The molecule has 1 unspecified atom stereocenters. The van der Waals surface area contributed by atoms with Crippen molar-refractivity contribution in [1.29, 1.82) is 0 Å². The van der Waals surface area contributed by atoms with Gasteiger partial charge in [-0.25, -0.2) is 0 Å². The van der Waals surface area contributed by atoms with E-state index in [9.17, 15) is 10.2 Å². The molecule has 3 N–H and O–H groups in total. The van der Waals surface area contributed by atoms with Gasteiger partial charge in [0.1, 0.15) is 17.2 Å². The third kappa shape index (κ3) is 3.83. The number of nitrogens with one attached hydrogen (secondary N) is 1. The molecule has 27 heavy (non-hydrogen) atoms. The number of aromatic hydroxyl groups is 2. The van der Waals surface area contributed by atoms with Gasteiger partial charge in [0.2, 0.25) is 5.90 Å². The monoisotopic (exact) mass is 380 g/mol. The first-order valence-corrected chi connectivity index (χ1v) is 8.84. The van der Waals surface area contributed by atoms with Crippen molar-refractivity contribution < 1.29 is 14.9 Å². The number of fused-ring (bicyclic) bond motifs is 1. The van der Waals surface area contributed by atoms with Crippen molar-refractivity contribution in [2.75, 3.05) is 5.43 Å². The van der Waals surface area contributed by atoms with Crippen LogP contribution < -0.4 is 10.2 Å². The first kappa shape index (κ1) is 17.2. The van der Waals surface area contributed by atoms with Crippen LogP contribution in [0.4, 0.5) is 5.69 Å². The maximum Gasteiger partial charge on any atom is 0.220 e. The van der Waals surface area contributed by atoms with E-state index in [1.807, 2.05) is 30.3 Å². The molecule has 0 saturated heterocycles. The number of anilines is 1. The Balaban J connectivity index is 1.70. The number of hydrazone groups is 1. The number of nitrogens with zero attached hydrogens (tertiary/aromatic N) is 1. The lowest BCUT2D eigenvalue weighted by Crippen LogP contribution is -2.27. The first-order chi connectivity index (χ1) is 13.1. The molecule has 6 heteroatoms. The van der Waals surface area contributed by atoms with E-state index in [1.165, 1.54) is 0 Å². The molecule has 1 aliphatic heterocycles. The molecule has 0 fully saturated rings. The largest absolute Gasteiger partial charge is 0.508 e. The van der Waals surface area contributed by atoms with Crippen LogP contribution in [0.2, 0.25) is 5.02 Å². The number of hydrogen-bond acceptors (Lipinski definition) is 5. The Kier molecular flexibility index (Phi) is 4.60. The summed E-state index contributed by atoms with van der Waals surface area (Å²) in [5.41, 5.74) is 5.67. The van der Waals surface area contributed by atoms with Crippen LogP contribution in [0.3, 0.4) is 0 Å². The molecule has 0 saturated carbocycles. The van der Waals surface area contributed by atoms with E-state index in [0.29, 0.717) is 23.1 Å². The van der Waals surface area contributed by atoms with Gasteiger partial charge in [-0.1, -0.05) is 35.9 Å². The summed E-state index contributed by atoms with van der Waals surface area (Å²) in [4.78, 5) is 0. The van der Waals surface area contributed by atoms with E-state index >= 15 is 0 Å². The summed E-state index contributed by atoms with van der Waals surface area (Å²) in [5, 5.41) is 24.4. The molecule has 1 heterocycles. The van der Waals surface area contributed by atoms with E-state index in [-0.39, 0.29) is 17.4 Å². The average molecular weight is 381 g/mol. The van der Waals surface area contributed by atoms with Crippen molar-refractivity contribution in [2.24, 2.45) is 5.10 Å². The molecule has 5 nitrogen and oxygen atoms in total. The minimum absolute atomic E-state index is 0.130. The maximum absolute atomic E-state index is 9.75. The van der Waals surface area contributed by atoms with Crippen molar-refractivity contribution in [1.82, 2.24) is 0 Å². The maximum atomic E-state index is 9.75. The quantitative estimate of drug-likeness (QED) is 0.565. The van der Waals surface area contributed by atoms with Gasteiger partial charge in [-0.05, 0) is 53.9 Å². The fourth-order valence-corrected chi connectivity index (χ4v) is 3.23. The van der Waals surface area contributed by atoms with Gasteiger partial charge in [-0.15, -0.1) is 5.10 Å². The van der Waals surface area contributed by atoms with Crippen molar-refractivity contribution in [3.05, 3.63) is 82.9 Å². The van der Waals surface area contributed by atoms with E-state index in [0.717, 1.165) is 16.8 Å². The molecule has 3 aromatic rings. The zero-order valence-electron chi connectivity index (χ0n) is 14.3. The Hall–Kier alpha value is -3.18. The molecule has 0 amide bonds. The molecule has 1 aliphatic rings. The summed E-state index contributed by atoms with van der Waals surface area (Å²) in [6.07, 6.45) is 0.663. The Bertz CT molecular complexity index is 1000. The van der Waals surface area contributed by atoms with Crippen LogP contribution in [0.1, 0.15) is 17.0 Å². The summed E-state index contributed by atoms with van der Waals surface area (Å²) in [7, 11) is 0. The second kappa shape index (κ2) is 7.21. The highest BCUT2D eigenvalue weighted by molar-refractivity contribution is 6.30. The summed E-state index contributed by atoms with van der Waals surface area (Å²) >= 11 is 6.02. The van der Waals surface area contributed by atoms with E-state index in [1.54, 1.807) is 36.4 Å². The highest BCUT2D eigenvalue weighted by atomic mass is 35.5. The fraction of sp³-hybridized carbons (Fsp3) is 0.0952. The highest BCUT2D eigenvalue weighted by Gasteiger charge is 2.28. The Morgan fingerprint density at radius 3 is 2.52 bits per heavy atom. The smallest absolute Gasteiger partial charge is 0.220 e. The van der Waals surface area contributed by atoms with Crippen LogP contribution in [0.15, 0.2) is 71.8 Å². The molecule has 1 atom stereocenters. The van der Waals surface area contributed by atoms with Gasteiger partial charge in [0.15, 0.2) is 0 Å². The second-order valence-corrected chi connectivity index (χ2v) is 6.75. The normalized spacial score (nSPS) is 17.2. The summed E-state index contributed by atoms with van der Waals surface area (Å²) < 4.78 is 5.99. The van der Waals surface area contributed by atoms with Crippen LogP contribution in [0, 0.1) is 0 Å². The molecule has 3 aromatic carbocycles. The molecule has 0 spiro atoms. The molecule has 136 valence electrons. The second-order valence-electron chi connectivity index (χ2n) is 6.31. The SMILES string of the molecule is Oc1ccc(C2Cc3ccc(O)cc3OC2=NNc2cccc(Cl)c2)cc1. The van der Waals surface area contributed by atoms with Crippen LogP contribution in [-0.4, -0.2) is 16.1 Å². The molecular formula is C21H17ClN2O3. The van der Waals surface area contributed by atoms with Crippen LogP contribution >= 0.6 is 11.6 Å². The zero-order valence-corrected chi connectivity index (χ0v) is 15.0.